The molecule has 108 valence electrons. The highest BCUT2D eigenvalue weighted by Gasteiger charge is 2.28. The summed E-state index contributed by atoms with van der Waals surface area (Å²) in [5, 5.41) is 0.621. The van der Waals surface area contributed by atoms with E-state index in [1.54, 1.807) is 6.07 Å². The van der Waals surface area contributed by atoms with Crippen LogP contribution in [0.15, 0.2) is 18.2 Å². The van der Waals surface area contributed by atoms with E-state index < -0.39 is 12.8 Å². The number of nitrogens with one attached hydrogen (secondary N) is 1. The van der Waals surface area contributed by atoms with Crippen LogP contribution in [0, 0.1) is 13.8 Å². The van der Waals surface area contributed by atoms with Crippen LogP contribution in [0.2, 0.25) is 0 Å². The number of pyridine rings is 1. The van der Waals surface area contributed by atoms with Crippen LogP contribution in [0.4, 0.5) is 18.9 Å². The first-order valence-corrected chi connectivity index (χ1v) is 5.89. The van der Waals surface area contributed by atoms with Crippen molar-refractivity contribution in [2.24, 2.45) is 5.84 Å². The van der Waals surface area contributed by atoms with Gasteiger partial charge in [0, 0.05) is 11.1 Å². The Kier molecular flexibility index (Phi) is 3.71. The van der Waals surface area contributed by atoms with Crippen molar-refractivity contribution in [1.29, 1.82) is 0 Å². The molecular formula is C13H14F3N3O. The van der Waals surface area contributed by atoms with Crippen molar-refractivity contribution in [3.05, 3.63) is 29.5 Å². The van der Waals surface area contributed by atoms with Gasteiger partial charge in [-0.3, -0.25) is 10.8 Å². The number of alkyl halides is 3. The number of rotatable bonds is 3. The fourth-order valence-corrected chi connectivity index (χ4v) is 1.90. The van der Waals surface area contributed by atoms with Crippen molar-refractivity contribution in [3.63, 3.8) is 0 Å². The lowest BCUT2D eigenvalue weighted by molar-refractivity contribution is -0.153. The molecule has 1 aromatic heterocycles. The van der Waals surface area contributed by atoms with Gasteiger partial charge in [0.05, 0.1) is 11.2 Å². The lowest BCUT2D eigenvalue weighted by atomic mass is 10.1. The van der Waals surface area contributed by atoms with Gasteiger partial charge in [0.1, 0.15) is 5.75 Å². The largest absolute Gasteiger partial charge is 0.484 e. The zero-order valence-electron chi connectivity index (χ0n) is 11.0. The average molecular weight is 285 g/mol. The van der Waals surface area contributed by atoms with E-state index in [0.717, 1.165) is 11.3 Å². The Morgan fingerprint density at radius 2 is 2.00 bits per heavy atom. The van der Waals surface area contributed by atoms with Crippen LogP contribution in [0.5, 0.6) is 5.75 Å². The van der Waals surface area contributed by atoms with E-state index >= 15 is 0 Å². The SMILES string of the molecule is Cc1nc2ccc(OCC(F)(F)F)cc2c(NN)c1C. The first kappa shape index (κ1) is 14.4. The molecule has 2 aromatic rings. The maximum absolute atomic E-state index is 12.1. The van der Waals surface area contributed by atoms with Crippen LogP contribution in [-0.4, -0.2) is 17.8 Å². The Hall–Kier alpha value is -2.02. The van der Waals surface area contributed by atoms with Gasteiger partial charge in [0.15, 0.2) is 6.61 Å². The monoisotopic (exact) mass is 285 g/mol. The van der Waals surface area contributed by atoms with Crippen molar-refractivity contribution in [3.8, 4) is 5.75 Å². The van der Waals surface area contributed by atoms with E-state index in [4.69, 9.17) is 10.6 Å². The summed E-state index contributed by atoms with van der Waals surface area (Å²) < 4.78 is 41.2. The zero-order valence-corrected chi connectivity index (χ0v) is 11.0. The fourth-order valence-electron chi connectivity index (χ4n) is 1.90. The number of nitrogens with two attached hydrogens (primary N) is 1. The van der Waals surface area contributed by atoms with Crippen LogP contribution in [0.25, 0.3) is 10.9 Å². The second-order valence-electron chi connectivity index (χ2n) is 4.42. The minimum absolute atomic E-state index is 0.122. The van der Waals surface area contributed by atoms with Crippen molar-refractivity contribution in [1.82, 2.24) is 4.98 Å². The maximum atomic E-state index is 12.1. The van der Waals surface area contributed by atoms with E-state index in [2.05, 4.69) is 10.4 Å². The highest BCUT2D eigenvalue weighted by atomic mass is 19.4. The molecule has 3 N–H and O–H groups in total. The molecule has 0 amide bonds. The lowest BCUT2D eigenvalue weighted by Crippen LogP contribution is -2.19. The number of hydrazine groups is 1. The number of fused-ring (bicyclic) bond motifs is 1. The number of aryl methyl sites for hydroxylation is 1. The summed E-state index contributed by atoms with van der Waals surface area (Å²) in [7, 11) is 0. The van der Waals surface area contributed by atoms with Gasteiger partial charge in [0.25, 0.3) is 0 Å². The third kappa shape index (κ3) is 2.93. The summed E-state index contributed by atoms with van der Waals surface area (Å²) in [6, 6.07) is 4.56. The highest BCUT2D eigenvalue weighted by molar-refractivity contribution is 5.94. The molecule has 2 rings (SSSR count). The maximum Gasteiger partial charge on any atom is 0.422 e. The Labute approximate surface area is 113 Å². The summed E-state index contributed by atoms with van der Waals surface area (Å²) in [6.45, 7) is 2.34. The predicted octanol–water partition coefficient (Wildman–Crippen LogP) is 3.08. The van der Waals surface area contributed by atoms with Crippen molar-refractivity contribution in [2.75, 3.05) is 12.0 Å². The molecule has 7 heteroatoms. The van der Waals surface area contributed by atoms with E-state index in [-0.39, 0.29) is 5.75 Å². The minimum atomic E-state index is -4.37. The first-order chi connectivity index (χ1) is 9.31. The highest BCUT2D eigenvalue weighted by Crippen LogP contribution is 2.30. The number of hydrogen-bond acceptors (Lipinski definition) is 4. The molecule has 20 heavy (non-hydrogen) atoms. The van der Waals surface area contributed by atoms with Gasteiger partial charge in [-0.05, 0) is 37.6 Å². The molecule has 0 spiro atoms. The molecule has 4 nitrogen and oxygen atoms in total. The number of anilines is 1. The van der Waals surface area contributed by atoms with Gasteiger partial charge in [-0.15, -0.1) is 0 Å². The summed E-state index contributed by atoms with van der Waals surface area (Å²) in [5.41, 5.74) is 5.47. The molecule has 0 bridgehead atoms. The van der Waals surface area contributed by atoms with Gasteiger partial charge in [-0.2, -0.15) is 13.2 Å². The van der Waals surface area contributed by atoms with E-state index in [9.17, 15) is 13.2 Å². The van der Waals surface area contributed by atoms with Crippen LogP contribution < -0.4 is 16.0 Å². The average Bonchev–Trinajstić information content (AvgIpc) is 2.37. The second-order valence-corrected chi connectivity index (χ2v) is 4.42. The second kappa shape index (κ2) is 5.16. The van der Waals surface area contributed by atoms with Crippen LogP contribution >= 0.6 is 0 Å². The van der Waals surface area contributed by atoms with Crippen LogP contribution in [0.3, 0.4) is 0 Å². The molecule has 1 aromatic carbocycles. The summed E-state index contributed by atoms with van der Waals surface area (Å²) in [6.07, 6.45) is -4.37. The normalized spacial score (nSPS) is 11.7. The van der Waals surface area contributed by atoms with E-state index in [0.29, 0.717) is 16.6 Å². The van der Waals surface area contributed by atoms with E-state index in [1.807, 2.05) is 13.8 Å². The number of hydrogen-bond donors (Lipinski definition) is 2. The predicted molar refractivity (Wildman–Crippen MR) is 70.6 cm³/mol. The van der Waals surface area contributed by atoms with Crippen LogP contribution in [0.1, 0.15) is 11.3 Å². The van der Waals surface area contributed by atoms with E-state index in [1.165, 1.54) is 12.1 Å². The Balaban J connectivity index is 2.45. The van der Waals surface area contributed by atoms with Crippen molar-refractivity contribution >= 4 is 16.6 Å². The van der Waals surface area contributed by atoms with Gasteiger partial charge < -0.3 is 10.2 Å². The van der Waals surface area contributed by atoms with Gasteiger partial charge >= 0.3 is 6.18 Å². The quantitative estimate of drug-likeness (QED) is 0.672. The zero-order chi connectivity index (χ0) is 14.9. The number of nitrogens with zero attached hydrogens (tertiary/aromatic N) is 1. The Morgan fingerprint density at radius 3 is 2.60 bits per heavy atom. The first-order valence-electron chi connectivity index (χ1n) is 5.89. The lowest BCUT2D eigenvalue weighted by Gasteiger charge is -2.14. The molecule has 0 aliphatic carbocycles. The van der Waals surface area contributed by atoms with Gasteiger partial charge in [0.2, 0.25) is 0 Å². The Bertz CT molecular complexity index is 641. The van der Waals surface area contributed by atoms with Gasteiger partial charge in [-0.25, -0.2) is 0 Å². The molecule has 1 heterocycles. The third-order valence-corrected chi connectivity index (χ3v) is 2.99. The Morgan fingerprint density at radius 1 is 1.30 bits per heavy atom. The van der Waals surface area contributed by atoms with Crippen molar-refractivity contribution in [2.45, 2.75) is 20.0 Å². The topological polar surface area (TPSA) is 60.2 Å². The molecule has 0 radical (unpaired) electrons. The number of halogens is 3. The molecule has 0 saturated carbocycles. The molecule has 0 saturated heterocycles. The number of aromatic nitrogens is 1. The molecule has 0 aliphatic rings. The molecule has 0 atom stereocenters. The molecule has 0 unspecified atom stereocenters. The number of ether oxygens (including phenoxy) is 1. The molecular weight excluding hydrogens is 271 g/mol. The molecule has 0 fully saturated rings. The summed E-state index contributed by atoms with van der Waals surface area (Å²) >= 11 is 0. The number of nitrogen functional groups attached to an aromatic ring is 1. The van der Waals surface area contributed by atoms with Crippen molar-refractivity contribution < 1.29 is 17.9 Å². The van der Waals surface area contributed by atoms with Crippen LogP contribution in [-0.2, 0) is 0 Å². The summed E-state index contributed by atoms with van der Waals surface area (Å²) in [5.74, 6) is 5.60. The third-order valence-electron chi connectivity index (χ3n) is 2.99. The fraction of sp³-hybridized carbons (Fsp3) is 0.308. The smallest absolute Gasteiger partial charge is 0.422 e. The molecule has 0 aliphatic heterocycles. The minimum Gasteiger partial charge on any atom is -0.484 e. The standard InChI is InChI=1S/C13H14F3N3O/c1-7-8(2)18-11-4-3-9(20-6-13(14,15)16)5-10(11)12(7)19-17/h3-5H,6,17H2,1-2H3,(H,18,19). The van der Waals surface area contributed by atoms with Gasteiger partial charge in [-0.1, -0.05) is 0 Å². The summed E-state index contributed by atoms with van der Waals surface area (Å²) in [4.78, 5) is 4.36. The number of benzene rings is 1.